The first-order valence-electron chi connectivity index (χ1n) is 40.6. The van der Waals surface area contributed by atoms with E-state index in [0.29, 0.717) is 6.42 Å². The average Bonchev–Trinajstić information content (AvgIpc) is 0.780. The van der Waals surface area contributed by atoms with Crippen molar-refractivity contribution in [3.63, 3.8) is 0 Å². The number of amides is 1. The summed E-state index contributed by atoms with van der Waals surface area (Å²) in [6.07, 6.45) is 66.8. The maximum atomic E-state index is 13.5. The van der Waals surface area contributed by atoms with E-state index in [-0.39, 0.29) is 18.9 Å². The van der Waals surface area contributed by atoms with Crippen molar-refractivity contribution >= 4 is 5.91 Å². The number of allylic oxidation sites excluding steroid dienone is 23. The number of rotatable bonds is 62. The lowest BCUT2D eigenvalue weighted by molar-refractivity contribution is -0.379. The topological polar surface area (TPSA) is 307 Å². The zero-order valence-electron chi connectivity index (χ0n) is 64.1. The van der Waals surface area contributed by atoms with Crippen LogP contribution in [0.3, 0.4) is 0 Å². The van der Waals surface area contributed by atoms with Crippen molar-refractivity contribution in [1.82, 2.24) is 5.32 Å². The molecule has 3 aliphatic rings. The molecule has 1 amide bonds. The van der Waals surface area contributed by atoms with Crippen LogP contribution in [0, 0.1) is 0 Å². The van der Waals surface area contributed by atoms with Crippen LogP contribution in [-0.2, 0) is 33.2 Å². The van der Waals surface area contributed by atoms with Crippen molar-refractivity contribution in [3.8, 4) is 0 Å². The van der Waals surface area contributed by atoms with Gasteiger partial charge in [-0.15, -0.1) is 0 Å². The molecule has 0 aliphatic carbocycles. The number of carbonyl (C=O) groups excluding carboxylic acids is 1. The van der Waals surface area contributed by atoms with Gasteiger partial charge in [-0.25, -0.2) is 0 Å². The van der Waals surface area contributed by atoms with Crippen molar-refractivity contribution in [2.75, 3.05) is 26.4 Å². The summed E-state index contributed by atoms with van der Waals surface area (Å²) in [5, 5.41) is 121. The molecule has 3 saturated heterocycles. The van der Waals surface area contributed by atoms with Gasteiger partial charge in [0.1, 0.15) is 73.2 Å². The fourth-order valence-corrected chi connectivity index (χ4v) is 12.7. The first-order valence-corrected chi connectivity index (χ1v) is 40.6. The standard InChI is InChI=1S/C86H143NO18/c1-3-5-7-9-11-13-15-17-19-21-23-25-26-27-28-29-30-31-32-33-34-35-36-37-38-39-40-41-42-44-46-48-50-52-54-56-58-60-62-64-74(92)87-69(70(91)63-61-59-57-55-53-51-49-47-45-43-24-22-20-18-16-14-12-10-8-6-4-2)68-100-84-80(98)77(95)82(72(66-89)102-84)105-86-81(99)78(96)83(73(67-90)103-86)104-85-79(97)76(94)75(93)71(65-88)101-85/h5,7,11,13,17,19,23,25,27-28,30-31,33-34,36-37,39-40,42,44,48,50,61,63,69-73,75-86,88-91,93-99H,3-4,6,8-10,12,14-16,18,20-22,24,26,29,32,35,38,41,43,45-47,49,51-60,62,64-68H2,1-2H3,(H,87,92)/b7-5-,13-11-,19-17-,25-23-,28-27-,31-30-,34-33-,37-36-,40-39-,44-42-,50-48-,63-61+. The summed E-state index contributed by atoms with van der Waals surface area (Å²) in [7, 11) is 0. The lowest BCUT2D eigenvalue weighted by Gasteiger charge is -2.48. The molecule has 0 saturated carbocycles. The number of aliphatic hydroxyl groups excluding tert-OH is 11. The fraction of sp³-hybridized carbons (Fsp3) is 0.709. The van der Waals surface area contributed by atoms with E-state index in [0.717, 1.165) is 128 Å². The number of unbranched alkanes of at least 4 members (excludes halogenated alkanes) is 24. The minimum atomic E-state index is -1.99. The molecule has 600 valence electrons. The zero-order valence-corrected chi connectivity index (χ0v) is 64.1. The number of hydrogen-bond donors (Lipinski definition) is 12. The van der Waals surface area contributed by atoms with Crippen molar-refractivity contribution in [1.29, 1.82) is 0 Å². The highest BCUT2D eigenvalue weighted by molar-refractivity contribution is 5.76. The van der Waals surface area contributed by atoms with Crippen molar-refractivity contribution in [3.05, 3.63) is 146 Å². The molecule has 3 aliphatic heterocycles. The molecule has 0 aromatic rings. The van der Waals surface area contributed by atoms with Gasteiger partial charge < -0.3 is 89.9 Å². The van der Waals surface area contributed by atoms with Gasteiger partial charge in [-0.3, -0.25) is 4.79 Å². The minimum absolute atomic E-state index is 0.212. The average molecular weight is 1480 g/mol. The molecule has 17 unspecified atom stereocenters. The Morgan fingerprint density at radius 1 is 0.352 bits per heavy atom. The molecule has 0 radical (unpaired) electrons. The summed E-state index contributed by atoms with van der Waals surface area (Å²) in [6, 6.07) is -0.996. The third kappa shape index (κ3) is 44.2. The van der Waals surface area contributed by atoms with Crippen LogP contribution in [0.25, 0.3) is 0 Å². The van der Waals surface area contributed by atoms with Crippen LogP contribution in [0.5, 0.6) is 0 Å². The van der Waals surface area contributed by atoms with Gasteiger partial charge in [0.2, 0.25) is 5.91 Å². The van der Waals surface area contributed by atoms with Crippen molar-refractivity contribution < 1.29 is 89.4 Å². The van der Waals surface area contributed by atoms with Gasteiger partial charge in [0, 0.05) is 6.42 Å². The highest BCUT2D eigenvalue weighted by Gasteiger charge is 2.54. The molecule has 17 atom stereocenters. The maximum absolute atomic E-state index is 13.5. The third-order valence-electron chi connectivity index (χ3n) is 19.1. The summed E-state index contributed by atoms with van der Waals surface area (Å²) < 4.78 is 34.4. The molecule has 3 rings (SSSR count). The van der Waals surface area contributed by atoms with Crippen LogP contribution in [0.1, 0.15) is 258 Å². The van der Waals surface area contributed by atoms with E-state index in [1.54, 1.807) is 6.08 Å². The van der Waals surface area contributed by atoms with Gasteiger partial charge in [0.05, 0.1) is 38.6 Å². The monoisotopic (exact) mass is 1480 g/mol. The first kappa shape index (κ1) is 94.9. The van der Waals surface area contributed by atoms with Gasteiger partial charge in [0.15, 0.2) is 18.9 Å². The molecular weight excluding hydrogens is 1330 g/mol. The summed E-state index contributed by atoms with van der Waals surface area (Å²) in [6.45, 7) is 1.61. The second-order valence-electron chi connectivity index (χ2n) is 28.1. The Morgan fingerprint density at radius 2 is 0.657 bits per heavy atom. The fourth-order valence-electron chi connectivity index (χ4n) is 12.7. The first-order chi connectivity index (χ1) is 51.3. The molecule has 0 aromatic heterocycles. The summed E-state index contributed by atoms with van der Waals surface area (Å²) in [5.74, 6) is -0.299. The lowest BCUT2D eigenvalue weighted by Crippen LogP contribution is -2.66. The molecule has 19 nitrogen and oxygen atoms in total. The van der Waals surface area contributed by atoms with Crippen LogP contribution < -0.4 is 5.32 Å². The summed E-state index contributed by atoms with van der Waals surface area (Å²) in [5.41, 5.74) is 0. The second kappa shape index (κ2) is 64.5. The van der Waals surface area contributed by atoms with E-state index in [4.69, 9.17) is 28.4 Å². The van der Waals surface area contributed by atoms with Crippen LogP contribution in [-0.4, -0.2) is 193 Å². The second-order valence-corrected chi connectivity index (χ2v) is 28.1. The number of nitrogens with one attached hydrogen (secondary N) is 1. The van der Waals surface area contributed by atoms with E-state index in [2.05, 4.69) is 153 Å². The predicted molar refractivity (Wildman–Crippen MR) is 419 cm³/mol. The molecule has 0 bridgehead atoms. The Labute approximate surface area is 632 Å². The Hall–Kier alpha value is -4.33. The van der Waals surface area contributed by atoms with Gasteiger partial charge >= 0.3 is 0 Å². The van der Waals surface area contributed by atoms with Crippen LogP contribution in [0.4, 0.5) is 0 Å². The van der Waals surface area contributed by atoms with E-state index in [1.165, 1.54) is 103 Å². The van der Waals surface area contributed by atoms with Gasteiger partial charge in [0.25, 0.3) is 0 Å². The largest absolute Gasteiger partial charge is 0.394 e. The SMILES string of the molecule is CC/C=C\C/C=C\C/C=C\C/C=C\C/C=C\C/C=C\C/C=C\C/C=C\C/C=C\C/C=C\C/C=C\CCCCCCCC(=O)NC(COC1OC(CO)C(OC2OC(CO)C(OC3OC(CO)C(O)C(O)C3O)C(O)C2O)C(O)C1O)C(O)/C=C/CCCCCCCCCCCCCCCCCCCCC. The predicted octanol–water partition coefficient (Wildman–Crippen LogP) is 13.8. The smallest absolute Gasteiger partial charge is 0.220 e. The molecule has 0 spiro atoms. The molecule has 3 heterocycles. The summed E-state index contributed by atoms with van der Waals surface area (Å²) in [4.78, 5) is 13.5. The van der Waals surface area contributed by atoms with Crippen molar-refractivity contribution in [2.45, 2.75) is 362 Å². The highest BCUT2D eigenvalue weighted by atomic mass is 16.8. The van der Waals surface area contributed by atoms with Gasteiger partial charge in [-0.1, -0.05) is 295 Å². The molecule has 19 heteroatoms. The molecule has 105 heavy (non-hydrogen) atoms. The molecule has 0 aromatic carbocycles. The van der Waals surface area contributed by atoms with E-state index in [9.17, 15) is 61.0 Å². The Morgan fingerprint density at radius 3 is 1.03 bits per heavy atom. The van der Waals surface area contributed by atoms with Crippen LogP contribution in [0.15, 0.2) is 146 Å². The van der Waals surface area contributed by atoms with Crippen molar-refractivity contribution in [2.24, 2.45) is 0 Å². The molecule has 3 fully saturated rings. The number of carbonyl (C=O) groups is 1. The quantitative estimate of drug-likeness (QED) is 0.0199. The van der Waals surface area contributed by atoms with Gasteiger partial charge in [-0.05, 0) is 103 Å². The minimum Gasteiger partial charge on any atom is -0.394 e. The highest BCUT2D eigenvalue weighted by Crippen LogP contribution is 2.33. The van der Waals surface area contributed by atoms with E-state index in [1.807, 2.05) is 6.08 Å². The van der Waals surface area contributed by atoms with Crippen LogP contribution in [0.2, 0.25) is 0 Å². The maximum Gasteiger partial charge on any atom is 0.220 e. The Bertz CT molecular complexity index is 2470. The van der Waals surface area contributed by atoms with Gasteiger partial charge in [-0.2, -0.15) is 0 Å². The number of aliphatic hydroxyl groups is 11. The van der Waals surface area contributed by atoms with E-state index >= 15 is 0 Å². The normalized spacial score (nSPS) is 26.6. The Balaban J connectivity index is 1.37. The lowest BCUT2D eigenvalue weighted by atomic mass is 9.96. The molecular formula is C86H143NO18. The number of ether oxygens (including phenoxy) is 6. The van der Waals surface area contributed by atoms with E-state index < -0.39 is 124 Å². The zero-order chi connectivity index (χ0) is 76.0. The number of hydrogen-bond acceptors (Lipinski definition) is 18. The van der Waals surface area contributed by atoms with Crippen LogP contribution >= 0.6 is 0 Å². The molecule has 12 N–H and O–H groups in total. The third-order valence-corrected chi connectivity index (χ3v) is 19.1. The summed E-state index contributed by atoms with van der Waals surface area (Å²) >= 11 is 0. The Kier molecular flexibility index (Phi) is 58.3.